The first-order valence-corrected chi connectivity index (χ1v) is 5.41. The molecule has 1 aliphatic heterocycles. The number of benzene rings is 1. The van der Waals surface area contributed by atoms with Crippen LogP contribution in [0.2, 0.25) is 0 Å². The highest BCUT2D eigenvalue weighted by molar-refractivity contribution is 5.25. The third kappa shape index (κ3) is 3.22. The van der Waals surface area contributed by atoms with E-state index in [4.69, 9.17) is 9.84 Å². The lowest BCUT2D eigenvalue weighted by Gasteiger charge is -2.09. The van der Waals surface area contributed by atoms with Gasteiger partial charge < -0.3 is 15.2 Å². The van der Waals surface area contributed by atoms with Crippen LogP contribution in [0.25, 0.3) is 0 Å². The molecule has 1 atom stereocenters. The van der Waals surface area contributed by atoms with Crippen molar-refractivity contribution >= 4 is 0 Å². The number of rotatable bonds is 4. The number of hydrogen-bond donors (Lipinski definition) is 2. The summed E-state index contributed by atoms with van der Waals surface area (Å²) in [6.45, 7) is 3.67. The van der Waals surface area contributed by atoms with Gasteiger partial charge in [0, 0.05) is 19.7 Å². The Bertz CT molecular complexity index is 291. The van der Waals surface area contributed by atoms with Crippen molar-refractivity contribution in [2.45, 2.75) is 13.0 Å². The minimum absolute atomic E-state index is 0.322. The van der Waals surface area contributed by atoms with Gasteiger partial charge in [0.2, 0.25) is 0 Å². The van der Waals surface area contributed by atoms with Crippen LogP contribution >= 0.6 is 0 Å². The van der Waals surface area contributed by atoms with Crippen molar-refractivity contribution in [3.63, 3.8) is 0 Å². The van der Waals surface area contributed by atoms with Crippen molar-refractivity contribution in [1.29, 1.82) is 0 Å². The molecule has 1 fully saturated rings. The maximum absolute atomic E-state index is 9.12. The van der Waals surface area contributed by atoms with Gasteiger partial charge in [-0.15, -0.1) is 0 Å². The van der Waals surface area contributed by atoms with Gasteiger partial charge in [-0.25, -0.2) is 0 Å². The van der Waals surface area contributed by atoms with Gasteiger partial charge in [-0.2, -0.15) is 0 Å². The minimum atomic E-state index is 0.322. The zero-order valence-electron chi connectivity index (χ0n) is 8.78. The van der Waals surface area contributed by atoms with Crippen LogP contribution in [0.3, 0.4) is 0 Å². The molecule has 0 bridgehead atoms. The van der Waals surface area contributed by atoms with E-state index in [9.17, 15) is 0 Å². The Hall–Kier alpha value is -1.06. The molecule has 15 heavy (non-hydrogen) atoms. The zero-order chi connectivity index (χ0) is 10.5. The van der Waals surface area contributed by atoms with Crippen molar-refractivity contribution in [3.8, 4) is 5.75 Å². The number of aromatic hydroxyl groups is 1. The molecule has 0 amide bonds. The highest BCUT2D eigenvalue weighted by Gasteiger charge is 2.14. The van der Waals surface area contributed by atoms with Crippen LogP contribution in [0.4, 0.5) is 0 Å². The fourth-order valence-electron chi connectivity index (χ4n) is 1.78. The number of hydrogen-bond acceptors (Lipinski definition) is 3. The van der Waals surface area contributed by atoms with Gasteiger partial charge in [0.05, 0.1) is 6.61 Å². The summed E-state index contributed by atoms with van der Waals surface area (Å²) >= 11 is 0. The molecule has 0 aliphatic carbocycles. The highest BCUT2D eigenvalue weighted by Crippen LogP contribution is 2.12. The second-order valence-corrected chi connectivity index (χ2v) is 4.03. The zero-order valence-corrected chi connectivity index (χ0v) is 8.78. The maximum Gasteiger partial charge on any atom is 0.115 e. The summed E-state index contributed by atoms with van der Waals surface area (Å²) in [5.74, 6) is 0.991. The van der Waals surface area contributed by atoms with Crippen molar-refractivity contribution in [1.82, 2.24) is 5.32 Å². The molecule has 0 spiro atoms. The topological polar surface area (TPSA) is 41.5 Å². The molecule has 0 saturated carbocycles. The third-order valence-electron chi connectivity index (χ3n) is 2.72. The first-order chi connectivity index (χ1) is 7.34. The summed E-state index contributed by atoms with van der Waals surface area (Å²) in [5.41, 5.74) is 1.20. The average Bonchev–Trinajstić information content (AvgIpc) is 2.74. The van der Waals surface area contributed by atoms with E-state index in [1.165, 1.54) is 12.0 Å². The SMILES string of the molecule is Oc1ccc(CNCC2CCOC2)cc1. The molecule has 3 nitrogen and oxygen atoms in total. The average molecular weight is 207 g/mol. The van der Waals surface area contributed by atoms with Crippen LogP contribution in [0.5, 0.6) is 5.75 Å². The molecule has 82 valence electrons. The minimum Gasteiger partial charge on any atom is -0.508 e. The second-order valence-electron chi connectivity index (χ2n) is 4.03. The Labute approximate surface area is 90.1 Å². The van der Waals surface area contributed by atoms with Gasteiger partial charge >= 0.3 is 0 Å². The predicted molar refractivity (Wildman–Crippen MR) is 58.7 cm³/mol. The quantitative estimate of drug-likeness (QED) is 0.786. The van der Waals surface area contributed by atoms with Gasteiger partial charge in [0.25, 0.3) is 0 Å². The number of phenolic OH excluding ortho intramolecular Hbond substituents is 1. The summed E-state index contributed by atoms with van der Waals surface area (Å²) in [6, 6.07) is 7.31. The van der Waals surface area contributed by atoms with Gasteiger partial charge in [0.15, 0.2) is 0 Å². The van der Waals surface area contributed by atoms with Gasteiger partial charge in [-0.1, -0.05) is 12.1 Å². The van der Waals surface area contributed by atoms with Crippen molar-refractivity contribution in [3.05, 3.63) is 29.8 Å². The van der Waals surface area contributed by atoms with Crippen molar-refractivity contribution < 1.29 is 9.84 Å². The normalized spacial score (nSPS) is 20.7. The molecule has 2 rings (SSSR count). The lowest BCUT2D eigenvalue weighted by molar-refractivity contribution is 0.185. The lowest BCUT2D eigenvalue weighted by Crippen LogP contribution is -2.22. The summed E-state index contributed by atoms with van der Waals surface area (Å²) in [6.07, 6.45) is 1.17. The van der Waals surface area contributed by atoms with Gasteiger partial charge in [-0.05, 0) is 30.0 Å². The fourth-order valence-corrected chi connectivity index (χ4v) is 1.78. The van der Waals surface area contributed by atoms with Crippen LogP contribution in [0.15, 0.2) is 24.3 Å². The third-order valence-corrected chi connectivity index (χ3v) is 2.72. The molecule has 1 aromatic carbocycles. The Morgan fingerprint density at radius 2 is 2.13 bits per heavy atom. The van der Waals surface area contributed by atoms with Crippen molar-refractivity contribution in [2.75, 3.05) is 19.8 Å². The van der Waals surface area contributed by atoms with Crippen LogP contribution in [-0.2, 0) is 11.3 Å². The van der Waals surface area contributed by atoms with E-state index in [1.807, 2.05) is 12.1 Å². The Morgan fingerprint density at radius 1 is 1.33 bits per heavy atom. The Morgan fingerprint density at radius 3 is 2.80 bits per heavy atom. The fraction of sp³-hybridized carbons (Fsp3) is 0.500. The van der Waals surface area contributed by atoms with Crippen LogP contribution < -0.4 is 5.32 Å². The molecule has 1 aliphatic rings. The van der Waals surface area contributed by atoms with E-state index in [0.29, 0.717) is 11.7 Å². The predicted octanol–water partition coefficient (Wildman–Crippen LogP) is 1.52. The Kier molecular flexibility index (Phi) is 3.59. The van der Waals surface area contributed by atoms with Crippen LogP contribution in [-0.4, -0.2) is 24.9 Å². The monoisotopic (exact) mass is 207 g/mol. The summed E-state index contributed by atoms with van der Waals surface area (Å²) in [7, 11) is 0. The van der Waals surface area contributed by atoms with E-state index in [0.717, 1.165) is 26.3 Å². The summed E-state index contributed by atoms with van der Waals surface area (Å²) in [4.78, 5) is 0. The number of phenols is 1. The maximum atomic E-state index is 9.12. The van der Waals surface area contributed by atoms with Crippen molar-refractivity contribution in [2.24, 2.45) is 5.92 Å². The standard InChI is InChI=1S/C12H17NO2/c14-12-3-1-10(2-4-12)7-13-8-11-5-6-15-9-11/h1-4,11,13-14H,5-9H2. The van der Waals surface area contributed by atoms with E-state index < -0.39 is 0 Å². The molecule has 0 radical (unpaired) electrons. The largest absolute Gasteiger partial charge is 0.508 e. The molecular formula is C12H17NO2. The van der Waals surface area contributed by atoms with Crippen LogP contribution in [0, 0.1) is 5.92 Å². The van der Waals surface area contributed by atoms with E-state index in [1.54, 1.807) is 12.1 Å². The lowest BCUT2D eigenvalue weighted by atomic mass is 10.1. The van der Waals surface area contributed by atoms with E-state index in [-0.39, 0.29) is 0 Å². The van der Waals surface area contributed by atoms with E-state index in [2.05, 4.69) is 5.32 Å². The highest BCUT2D eigenvalue weighted by atomic mass is 16.5. The molecule has 1 heterocycles. The molecule has 0 aromatic heterocycles. The summed E-state index contributed by atoms with van der Waals surface area (Å²) < 4.78 is 5.30. The molecule has 2 N–H and O–H groups in total. The molecule has 1 saturated heterocycles. The summed E-state index contributed by atoms with van der Waals surface area (Å²) in [5, 5.41) is 12.5. The molecule has 1 aromatic rings. The van der Waals surface area contributed by atoms with Gasteiger partial charge in [0.1, 0.15) is 5.75 Å². The van der Waals surface area contributed by atoms with Crippen LogP contribution in [0.1, 0.15) is 12.0 Å². The van der Waals surface area contributed by atoms with E-state index >= 15 is 0 Å². The van der Waals surface area contributed by atoms with Gasteiger partial charge in [-0.3, -0.25) is 0 Å². The first kappa shape index (κ1) is 10.5. The first-order valence-electron chi connectivity index (χ1n) is 5.41. The molecule has 1 unspecified atom stereocenters. The molecular weight excluding hydrogens is 190 g/mol. The Balaban J connectivity index is 1.71. The second kappa shape index (κ2) is 5.14. The molecule has 3 heteroatoms. The number of ether oxygens (including phenoxy) is 1. The number of nitrogens with one attached hydrogen (secondary N) is 1. The smallest absolute Gasteiger partial charge is 0.115 e.